The summed E-state index contributed by atoms with van der Waals surface area (Å²) >= 11 is 0. The highest BCUT2D eigenvalue weighted by atomic mass is 16.6. The first-order chi connectivity index (χ1) is 17.2. The summed E-state index contributed by atoms with van der Waals surface area (Å²) in [6.45, 7) is 14.9. The molecule has 4 aliphatic rings. The van der Waals surface area contributed by atoms with E-state index in [1.165, 1.54) is 0 Å². The summed E-state index contributed by atoms with van der Waals surface area (Å²) in [5.74, 6) is 2.29. The molecular formula is C30H40N2O4. The van der Waals surface area contributed by atoms with E-state index >= 15 is 0 Å². The Kier molecular flexibility index (Phi) is 6.90. The van der Waals surface area contributed by atoms with Gasteiger partial charge < -0.3 is 19.5 Å². The first-order valence-electron chi connectivity index (χ1n) is 13.5. The molecule has 1 N–H and O–H groups in total. The van der Waals surface area contributed by atoms with Gasteiger partial charge in [0.2, 0.25) is 0 Å². The van der Waals surface area contributed by atoms with Gasteiger partial charge in [-0.05, 0) is 92.6 Å². The van der Waals surface area contributed by atoms with Crippen molar-refractivity contribution < 1.29 is 19.0 Å². The van der Waals surface area contributed by atoms with Gasteiger partial charge in [-0.3, -0.25) is 4.90 Å². The highest BCUT2D eigenvalue weighted by Gasteiger charge is 2.41. The number of nitrogens with zero attached hydrogens (tertiary/aromatic N) is 1. The second-order valence-corrected chi connectivity index (χ2v) is 11.5. The van der Waals surface area contributed by atoms with Crippen LogP contribution in [-0.4, -0.2) is 49.9 Å². The SMILES string of the molecule is CCCOc1c(C)cc(-c2ccc3c(c2)OCC(C)(C)C3NC(=O)O[C@@H]2CN3CCC2CC3)cc1C. The topological polar surface area (TPSA) is 60.0 Å². The second kappa shape index (κ2) is 9.97. The molecule has 4 aliphatic heterocycles. The molecule has 0 aliphatic carbocycles. The van der Waals surface area contributed by atoms with Crippen LogP contribution in [0.4, 0.5) is 4.79 Å². The Morgan fingerprint density at radius 1 is 1.11 bits per heavy atom. The van der Waals surface area contributed by atoms with E-state index in [1.807, 2.05) is 0 Å². The highest BCUT2D eigenvalue weighted by molar-refractivity contribution is 5.71. The predicted octanol–water partition coefficient (Wildman–Crippen LogP) is 6.04. The van der Waals surface area contributed by atoms with E-state index in [1.54, 1.807) is 0 Å². The van der Waals surface area contributed by atoms with Crippen LogP contribution in [0.2, 0.25) is 0 Å². The van der Waals surface area contributed by atoms with Crippen molar-refractivity contribution in [1.82, 2.24) is 10.2 Å². The van der Waals surface area contributed by atoms with E-state index in [4.69, 9.17) is 14.2 Å². The van der Waals surface area contributed by atoms with Gasteiger partial charge in [0.25, 0.3) is 0 Å². The molecule has 2 atom stereocenters. The summed E-state index contributed by atoms with van der Waals surface area (Å²) in [7, 11) is 0. The fourth-order valence-corrected chi connectivity index (χ4v) is 6.00. The van der Waals surface area contributed by atoms with E-state index in [-0.39, 0.29) is 23.7 Å². The standard InChI is InChI=1S/C30H40N2O4/c1-6-13-34-27-19(2)14-23(15-20(27)3)22-7-8-24-25(16-22)35-18-30(4,5)28(24)31-29(33)36-26-17-32-11-9-21(26)10-12-32/h7-8,14-16,21,26,28H,6,9-13,17-18H2,1-5H3,(H,31,33)/t26-,28?/m1/s1. The number of piperidine rings is 3. The van der Waals surface area contributed by atoms with Gasteiger partial charge >= 0.3 is 6.09 Å². The number of aryl methyl sites for hydroxylation is 2. The normalized spacial score (nSPS) is 26.0. The highest BCUT2D eigenvalue weighted by Crippen LogP contribution is 2.44. The third-order valence-corrected chi connectivity index (χ3v) is 8.07. The Balaban J connectivity index is 1.35. The van der Waals surface area contributed by atoms with Gasteiger partial charge in [-0.25, -0.2) is 4.79 Å². The summed E-state index contributed by atoms with van der Waals surface area (Å²) in [6, 6.07) is 10.5. The first-order valence-corrected chi connectivity index (χ1v) is 13.5. The van der Waals surface area contributed by atoms with Crippen molar-refractivity contribution in [2.45, 2.75) is 66.0 Å². The zero-order valence-electron chi connectivity index (χ0n) is 22.4. The lowest BCUT2D eigenvalue weighted by atomic mass is 9.78. The molecule has 0 radical (unpaired) electrons. The molecule has 36 heavy (non-hydrogen) atoms. The lowest BCUT2D eigenvalue weighted by molar-refractivity contribution is -0.0361. The number of carbonyl (C=O) groups excluding carboxylic acids is 1. The summed E-state index contributed by atoms with van der Waals surface area (Å²) in [5.41, 5.74) is 5.24. The van der Waals surface area contributed by atoms with Gasteiger partial charge in [0.1, 0.15) is 17.6 Å². The van der Waals surface area contributed by atoms with Crippen LogP contribution < -0.4 is 14.8 Å². The minimum absolute atomic E-state index is 0.00643. The van der Waals surface area contributed by atoms with Crippen molar-refractivity contribution in [2.75, 3.05) is 32.8 Å². The molecule has 3 fully saturated rings. The minimum atomic E-state index is -0.322. The molecule has 6 rings (SSSR count). The van der Waals surface area contributed by atoms with Crippen molar-refractivity contribution in [3.05, 3.63) is 47.0 Å². The Hall–Kier alpha value is -2.73. The van der Waals surface area contributed by atoms with Crippen LogP contribution in [-0.2, 0) is 4.74 Å². The van der Waals surface area contributed by atoms with Crippen molar-refractivity contribution in [2.24, 2.45) is 11.3 Å². The Morgan fingerprint density at radius 3 is 2.47 bits per heavy atom. The maximum atomic E-state index is 13.0. The zero-order valence-corrected chi connectivity index (χ0v) is 22.4. The molecule has 0 aromatic heterocycles. The molecular weight excluding hydrogens is 452 g/mol. The van der Waals surface area contributed by atoms with Gasteiger partial charge in [-0.15, -0.1) is 0 Å². The summed E-state index contributed by atoms with van der Waals surface area (Å²) < 4.78 is 18.1. The molecule has 0 spiro atoms. The monoisotopic (exact) mass is 492 g/mol. The maximum Gasteiger partial charge on any atom is 0.407 e. The largest absolute Gasteiger partial charge is 0.493 e. The quantitative estimate of drug-likeness (QED) is 0.533. The van der Waals surface area contributed by atoms with Gasteiger partial charge in [-0.1, -0.05) is 32.9 Å². The Labute approximate surface area is 215 Å². The number of hydrogen-bond donors (Lipinski definition) is 1. The lowest BCUT2D eigenvalue weighted by Gasteiger charge is -2.44. The number of alkyl carbamates (subject to hydrolysis) is 1. The maximum absolute atomic E-state index is 13.0. The van der Waals surface area contributed by atoms with Crippen LogP contribution in [0.5, 0.6) is 11.5 Å². The fraction of sp³-hybridized carbons (Fsp3) is 0.567. The number of carbonyl (C=O) groups is 1. The van der Waals surface area contributed by atoms with Gasteiger partial charge in [0.05, 0.1) is 19.3 Å². The Morgan fingerprint density at radius 2 is 1.83 bits per heavy atom. The molecule has 4 heterocycles. The van der Waals surface area contributed by atoms with Crippen LogP contribution in [0.15, 0.2) is 30.3 Å². The number of amides is 1. The second-order valence-electron chi connectivity index (χ2n) is 11.5. The number of ether oxygens (including phenoxy) is 3. The van der Waals surface area contributed by atoms with Gasteiger partial charge in [0, 0.05) is 17.5 Å². The molecule has 2 aromatic rings. The van der Waals surface area contributed by atoms with E-state index in [9.17, 15) is 4.79 Å². The predicted molar refractivity (Wildman–Crippen MR) is 142 cm³/mol. The van der Waals surface area contributed by atoms with E-state index in [2.05, 4.69) is 75.2 Å². The van der Waals surface area contributed by atoms with Crippen molar-refractivity contribution in [3.8, 4) is 22.6 Å². The van der Waals surface area contributed by atoms with Crippen LogP contribution in [0.3, 0.4) is 0 Å². The van der Waals surface area contributed by atoms with Crippen molar-refractivity contribution in [1.29, 1.82) is 0 Å². The number of nitrogens with one attached hydrogen (secondary N) is 1. The molecule has 3 saturated heterocycles. The molecule has 2 bridgehead atoms. The molecule has 2 aromatic carbocycles. The molecule has 194 valence electrons. The average molecular weight is 493 g/mol. The average Bonchev–Trinajstić information content (AvgIpc) is 2.86. The summed E-state index contributed by atoms with van der Waals surface area (Å²) in [5, 5.41) is 3.20. The summed E-state index contributed by atoms with van der Waals surface area (Å²) in [6.07, 6.45) is 2.90. The van der Waals surface area contributed by atoms with Crippen molar-refractivity contribution >= 4 is 6.09 Å². The molecule has 6 nitrogen and oxygen atoms in total. The van der Waals surface area contributed by atoms with E-state index in [0.29, 0.717) is 12.5 Å². The molecule has 1 unspecified atom stereocenters. The molecule has 1 amide bonds. The van der Waals surface area contributed by atoms with Crippen LogP contribution in [0, 0.1) is 25.2 Å². The van der Waals surface area contributed by atoms with E-state index in [0.717, 1.165) is 84.8 Å². The minimum Gasteiger partial charge on any atom is -0.493 e. The molecule has 6 heteroatoms. The first kappa shape index (κ1) is 24.9. The third-order valence-electron chi connectivity index (χ3n) is 8.07. The lowest BCUT2D eigenvalue weighted by Crippen LogP contribution is -2.53. The van der Waals surface area contributed by atoms with Crippen molar-refractivity contribution in [3.63, 3.8) is 0 Å². The number of benzene rings is 2. The molecule has 0 saturated carbocycles. The van der Waals surface area contributed by atoms with Gasteiger partial charge in [-0.2, -0.15) is 0 Å². The van der Waals surface area contributed by atoms with Crippen LogP contribution in [0.25, 0.3) is 11.1 Å². The zero-order chi connectivity index (χ0) is 25.4. The van der Waals surface area contributed by atoms with E-state index < -0.39 is 0 Å². The number of fused-ring (bicyclic) bond motifs is 4. The smallest absolute Gasteiger partial charge is 0.407 e. The number of hydrogen-bond acceptors (Lipinski definition) is 5. The van der Waals surface area contributed by atoms with Crippen LogP contribution in [0.1, 0.15) is 62.8 Å². The number of rotatable bonds is 6. The summed E-state index contributed by atoms with van der Waals surface area (Å²) in [4.78, 5) is 15.4. The third kappa shape index (κ3) is 4.93. The fourth-order valence-electron chi connectivity index (χ4n) is 6.00. The van der Waals surface area contributed by atoms with Crippen LogP contribution >= 0.6 is 0 Å². The van der Waals surface area contributed by atoms with Gasteiger partial charge in [0.15, 0.2) is 0 Å². The Bertz CT molecular complexity index is 1100.